The molecule has 1 aromatic rings. The van der Waals surface area contributed by atoms with Gasteiger partial charge in [0.1, 0.15) is 0 Å². The lowest BCUT2D eigenvalue weighted by atomic mass is 9.97. The van der Waals surface area contributed by atoms with Gasteiger partial charge >= 0.3 is 12.0 Å². The van der Waals surface area contributed by atoms with Crippen LogP contribution in [0.25, 0.3) is 5.57 Å². The van der Waals surface area contributed by atoms with Gasteiger partial charge in [0.25, 0.3) is 0 Å². The first-order chi connectivity index (χ1) is 11.7. The smallest absolute Gasteiger partial charge is 0.324 e. The second kappa shape index (κ2) is 10.4. The number of carbonyl (C=O) groups excluding carboxylic acids is 1. The topological polar surface area (TPSA) is 68.5 Å². The highest BCUT2D eigenvalue weighted by atomic mass is 16.5. The molecule has 24 heavy (non-hydrogen) atoms. The van der Waals surface area contributed by atoms with Crippen LogP contribution in [0, 0.1) is 5.92 Å². The van der Waals surface area contributed by atoms with E-state index in [0.29, 0.717) is 24.9 Å². The van der Waals surface area contributed by atoms with Crippen molar-refractivity contribution in [1.82, 2.24) is 10.1 Å². The van der Waals surface area contributed by atoms with Gasteiger partial charge in [0, 0.05) is 18.7 Å². The molecule has 6 heteroatoms. The highest BCUT2D eigenvalue weighted by molar-refractivity contribution is 5.73. The summed E-state index contributed by atoms with van der Waals surface area (Å²) in [6.45, 7) is 11.0. The van der Waals surface area contributed by atoms with Gasteiger partial charge in [-0.05, 0) is 19.8 Å². The van der Waals surface area contributed by atoms with Crippen LogP contribution in [-0.2, 0) is 9.53 Å². The summed E-state index contributed by atoms with van der Waals surface area (Å²) in [5, 5.41) is 4.01. The van der Waals surface area contributed by atoms with E-state index in [2.05, 4.69) is 16.7 Å². The number of anilines is 1. The van der Waals surface area contributed by atoms with Gasteiger partial charge in [-0.2, -0.15) is 4.98 Å². The van der Waals surface area contributed by atoms with Gasteiger partial charge in [0.2, 0.25) is 5.82 Å². The molecule has 132 valence electrons. The number of rotatable bonds is 5. The lowest BCUT2D eigenvalue weighted by Gasteiger charge is -2.28. The Morgan fingerprint density at radius 3 is 2.58 bits per heavy atom. The normalized spacial score (nSPS) is 15.8. The van der Waals surface area contributed by atoms with E-state index < -0.39 is 0 Å². The number of carbonyl (C=O) groups is 1. The van der Waals surface area contributed by atoms with Crippen molar-refractivity contribution in [1.29, 1.82) is 0 Å². The highest BCUT2D eigenvalue weighted by Crippen LogP contribution is 2.24. The van der Waals surface area contributed by atoms with Crippen LogP contribution < -0.4 is 4.90 Å². The largest absolute Gasteiger partial charge is 0.469 e. The molecular weight excluding hydrogens is 306 g/mol. The maximum Gasteiger partial charge on any atom is 0.324 e. The molecule has 6 nitrogen and oxygen atoms in total. The first-order valence-electron chi connectivity index (χ1n) is 8.31. The van der Waals surface area contributed by atoms with Crippen LogP contribution in [0.5, 0.6) is 0 Å². The van der Waals surface area contributed by atoms with Crippen molar-refractivity contribution in [3.8, 4) is 0 Å². The number of ether oxygens (including phenoxy) is 1. The minimum absolute atomic E-state index is 0.0390. The Hall–Kier alpha value is -2.37. The van der Waals surface area contributed by atoms with E-state index in [4.69, 9.17) is 9.26 Å². The Balaban J connectivity index is 0.00000139. The molecule has 2 heterocycles. The molecule has 0 radical (unpaired) electrons. The third-order valence-corrected chi connectivity index (χ3v) is 3.62. The zero-order valence-corrected chi connectivity index (χ0v) is 15.0. The van der Waals surface area contributed by atoms with Crippen LogP contribution >= 0.6 is 0 Å². The molecule has 0 amide bonds. The summed E-state index contributed by atoms with van der Waals surface area (Å²) in [5.74, 6) is 0.348. The summed E-state index contributed by atoms with van der Waals surface area (Å²) in [4.78, 5) is 18.0. The number of hydrogen-bond acceptors (Lipinski definition) is 6. The number of aromatic nitrogens is 2. The van der Waals surface area contributed by atoms with Crippen molar-refractivity contribution < 1.29 is 14.1 Å². The number of esters is 1. The fraction of sp³-hybridized carbons (Fsp3) is 0.500. The molecule has 0 aromatic carbocycles. The second-order valence-electron chi connectivity index (χ2n) is 5.04. The first kappa shape index (κ1) is 19.7. The predicted molar refractivity (Wildman–Crippen MR) is 95.6 cm³/mol. The third-order valence-electron chi connectivity index (χ3n) is 3.62. The van der Waals surface area contributed by atoms with E-state index in [9.17, 15) is 4.79 Å². The molecule has 1 aliphatic rings. The van der Waals surface area contributed by atoms with Crippen molar-refractivity contribution in [3.63, 3.8) is 0 Å². The molecule has 1 aromatic heterocycles. The zero-order chi connectivity index (χ0) is 17.9. The molecule has 0 spiro atoms. The van der Waals surface area contributed by atoms with Gasteiger partial charge < -0.3 is 14.2 Å². The summed E-state index contributed by atoms with van der Waals surface area (Å²) in [5.41, 5.74) is 0.844. The lowest BCUT2D eigenvalue weighted by molar-refractivity contribution is -0.146. The van der Waals surface area contributed by atoms with E-state index in [0.717, 1.165) is 18.4 Å². The molecule has 0 aliphatic carbocycles. The lowest BCUT2D eigenvalue weighted by Crippen LogP contribution is -2.36. The van der Waals surface area contributed by atoms with Crippen molar-refractivity contribution in [3.05, 3.63) is 36.7 Å². The Morgan fingerprint density at radius 2 is 2.04 bits per heavy atom. The number of allylic oxidation sites excluding steroid dienone is 5. The van der Waals surface area contributed by atoms with E-state index in [1.165, 1.54) is 7.11 Å². The Kier molecular flexibility index (Phi) is 8.54. The fourth-order valence-corrected chi connectivity index (χ4v) is 2.45. The van der Waals surface area contributed by atoms with Gasteiger partial charge in [-0.1, -0.05) is 49.9 Å². The fourth-order valence-electron chi connectivity index (χ4n) is 2.45. The minimum atomic E-state index is -0.143. The maximum absolute atomic E-state index is 11.5. The number of nitrogens with zero attached hydrogens (tertiary/aromatic N) is 3. The van der Waals surface area contributed by atoms with Gasteiger partial charge in [-0.25, -0.2) is 0 Å². The average Bonchev–Trinajstić information content (AvgIpc) is 3.13. The monoisotopic (exact) mass is 333 g/mol. The molecule has 0 N–H and O–H groups in total. The summed E-state index contributed by atoms with van der Waals surface area (Å²) >= 11 is 0. The number of piperidine rings is 1. The molecule has 0 unspecified atom stereocenters. The van der Waals surface area contributed by atoms with Crippen LogP contribution in [0.2, 0.25) is 0 Å². The molecule has 0 saturated carbocycles. The average molecular weight is 333 g/mol. The molecule has 0 bridgehead atoms. The van der Waals surface area contributed by atoms with Crippen molar-refractivity contribution in [2.24, 2.45) is 5.92 Å². The predicted octanol–water partition coefficient (Wildman–Crippen LogP) is 3.63. The summed E-state index contributed by atoms with van der Waals surface area (Å²) in [6, 6.07) is 0.484. The number of hydrogen-bond donors (Lipinski definition) is 0. The molecule has 1 aliphatic heterocycles. The van der Waals surface area contributed by atoms with E-state index in [-0.39, 0.29) is 11.9 Å². The van der Waals surface area contributed by atoms with Crippen molar-refractivity contribution in [2.75, 3.05) is 25.1 Å². The van der Waals surface area contributed by atoms with E-state index in [1.54, 1.807) is 6.08 Å². The van der Waals surface area contributed by atoms with Crippen LogP contribution in [0.4, 0.5) is 6.01 Å². The molecule has 1 fully saturated rings. The van der Waals surface area contributed by atoms with Crippen LogP contribution in [0.1, 0.15) is 39.4 Å². The molecule has 0 atom stereocenters. The van der Waals surface area contributed by atoms with Gasteiger partial charge in [0.15, 0.2) is 0 Å². The Bertz CT molecular complexity index is 582. The summed E-state index contributed by atoms with van der Waals surface area (Å²) in [6.07, 6.45) is 8.79. The first-order valence-corrected chi connectivity index (χ1v) is 8.31. The second-order valence-corrected chi connectivity index (χ2v) is 5.04. The summed E-state index contributed by atoms with van der Waals surface area (Å²) in [7, 11) is 1.42. The quantitative estimate of drug-likeness (QED) is 0.605. The third kappa shape index (κ3) is 5.08. The van der Waals surface area contributed by atoms with Crippen LogP contribution in [0.15, 0.2) is 35.4 Å². The standard InChI is InChI=1S/C16H21N3O3.C2H6/c1-4-6-12(7-5-2)14-17-16(22-18-14)19-10-8-13(9-11-19)15(20)21-3;1-2/h4-7,13H,1,8-11H2,2-3H3;1-2H3/b7-5-,12-6+;. The molecule has 2 rings (SSSR count). The van der Waals surface area contributed by atoms with E-state index in [1.807, 2.05) is 43.9 Å². The molecular formula is C18H27N3O3. The van der Waals surface area contributed by atoms with E-state index >= 15 is 0 Å². The summed E-state index contributed by atoms with van der Waals surface area (Å²) < 4.78 is 10.1. The molecule has 1 saturated heterocycles. The number of methoxy groups -OCH3 is 1. The highest BCUT2D eigenvalue weighted by Gasteiger charge is 2.28. The van der Waals surface area contributed by atoms with Gasteiger partial charge in [0.05, 0.1) is 13.0 Å². The van der Waals surface area contributed by atoms with Crippen molar-refractivity contribution in [2.45, 2.75) is 33.6 Å². The Labute approximate surface area is 143 Å². The Morgan fingerprint density at radius 1 is 1.38 bits per heavy atom. The van der Waals surface area contributed by atoms with Gasteiger partial charge in [-0.3, -0.25) is 4.79 Å². The zero-order valence-electron chi connectivity index (χ0n) is 15.0. The maximum atomic E-state index is 11.5. The van der Waals surface area contributed by atoms with Crippen LogP contribution in [0.3, 0.4) is 0 Å². The van der Waals surface area contributed by atoms with Crippen molar-refractivity contribution >= 4 is 17.6 Å². The van der Waals surface area contributed by atoms with Crippen LogP contribution in [-0.4, -0.2) is 36.3 Å². The SMILES string of the molecule is C=C/C=C(\C=C/C)c1noc(N2CCC(C(=O)OC)CC2)n1.CC. The minimum Gasteiger partial charge on any atom is -0.469 e. The van der Waals surface area contributed by atoms with Gasteiger partial charge in [-0.15, -0.1) is 0 Å².